The lowest BCUT2D eigenvalue weighted by atomic mass is 10.1. The Morgan fingerprint density at radius 3 is 1.39 bits per heavy atom. The number of hydrogen-bond acceptors (Lipinski definition) is 4. The molecule has 0 rings (SSSR count). The number of aliphatic hydroxyl groups is 1. The van der Waals surface area contributed by atoms with Crippen LogP contribution in [-0.2, 0) is 14.9 Å². The van der Waals surface area contributed by atoms with Gasteiger partial charge in [0.05, 0.1) is 17.9 Å². The first-order chi connectivity index (χ1) is 24.8. The van der Waals surface area contributed by atoms with Gasteiger partial charge in [0.1, 0.15) is 0 Å². The molecule has 0 bridgehead atoms. The molecule has 1 amide bonds. The highest BCUT2D eigenvalue weighted by Gasteiger charge is 2.24. The zero-order valence-electron chi connectivity index (χ0n) is 33.0. The van der Waals surface area contributed by atoms with E-state index in [1.54, 1.807) is 6.08 Å². The van der Waals surface area contributed by atoms with E-state index in [1.165, 1.54) is 122 Å². The topological polar surface area (TPSA) is 104 Å². The molecule has 0 saturated heterocycles. The molecule has 2 unspecified atom stereocenters. The van der Waals surface area contributed by atoms with Crippen LogP contribution in [0.3, 0.4) is 0 Å². The van der Waals surface area contributed by atoms with Gasteiger partial charge < -0.3 is 10.4 Å². The highest BCUT2D eigenvalue weighted by Crippen LogP contribution is 2.13. The number of nitrogens with one attached hydrogen (secondary N) is 1. The molecule has 3 N–H and O–H groups in total. The molecule has 51 heavy (non-hydrogen) atoms. The molecule has 0 saturated carbocycles. The molecular formula is C44H79NO5S. The van der Waals surface area contributed by atoms with E-state index < -0.39 is 28.0 Å². The van der Waals surface area contributed by atoms with Crippen molar-refractivity contribution in [2.24, 2.45) is 0 Å². The molecule has 0 radical (unpaired) electrons. The van der Waals surface area contributed by atoms with E-state index in [-0.39, 0.29) is 12.3 Å². The van der Waals surface area contributed by atoms with Crippen molar-refractivity contribution >= 4 is 16.0 Å². The van der Waals surface area contributed by atoms with Gasteiger partial charge in [-0.05, 0) is 77.0 Å². The fourth-order valence-electron chi connectivity index (χ4n) is 5.98. The fraction of sp³-hybridized carbons (Fsp3) is 0.750. The number of allylic oxidation sites excluding steroid dienone is 9. The summed E-state index contributed by atoms with van der Waals surface area (Å²) < 4.78 is 32.5. The molecule has 0 aliphatic heterocycles. The van der Waals surface area contributed by atoms with Gasteiger partial charge in [-0.25, -0.2) is 0 Å². The third-order valence-corrected chi connectivity index (χ3v) is 9.92. The third-order valence-electron chi connectivity index (χ3n) is 9.14. The maximum absolute atomic E-state index is 12.5. The van der Waals surface area contributed by atoms with Crippen LogP contribution in [0.25, 0.3) is 0 Å². The molecular weight excluding hydrogens is 655 g/mol. The number of hydrogen-bond donors (Lipinski definition) is 3. The fourth-order valence-corrected chi connectivity index (χ4v) is 6.72. The van der Waals surface area contributed by atoms with Gasteiger partial charge in [-0.2, -0.15) is 8.42 Å². The summed E-state index contributed by atoms with van der Waals surface area (Å²) in [6.45, 7) is 4.49. The van der Waals surface area contributed by atoms with Gasteiger partial charge in [0.2, 0.25) is 5.91 Å². The molecule has 0 fully saturated rings. The molecule has 0 aromatic carbocycles. The number of unbranched alkanes of at least 4 members (excludes halogenated alkanes) is 21. The zero-order chi connectivity index (χ0) is 37.5. The minimum atomic E-state index is -4.36. The van der Waals surface area contributed by atoms with E-state index in [0.29, 0.717) is 6.42 Å². The molecule has 0 heterocycles. The Morgan fingerprint density at radius 2 is 0.902 bits per heavy atom. The van der Waals surface area contributed by atoms with Crippen molar-refractivity contribution in [2.45, 2.75) is 206 Å². The Hall–Kier alpha value is -1.96. The highest BCUT2D eigenvalue weighted by atomic mass is 32.2. The average Bonchev–Trinajstić information content (AvgIpc) is 3.09. The van der Waals surface area contributed by atoms with Crippen molar-refractivity contribution in [1.29, 1.82) is 0 Å². The first-order valence-electron chi connectivity index (χ1n) is 21.0. The molecule has 0 spiro atoms. The molecule has 7 heteroatoms. The van der Waals surface area contributed by atoms with Crippen LogP contribution in [0.1, 0.15) is 194 Å². The summed E-state index contributed by atoms with van der Waals surface area (Å²) in [5, 5.41) is 13.2. The van der Waals surface area contributed by atoms with Gasteiger partial charge in [-0.3, -0.25) is 9.35 Å². The summed E-state index contributed by atoms with van der Waals surface area (Å²) in [6.07, 6.45) is 52.0. The molecule has 0 aliphatic carbocycles. The summed E-state index contributed by atoms with van der Waals surface area (Å²) in [5.74, 6) is -1.02. The predicted molar refractivity (Wildman–Crippen MR) is 221 cm³/mol. The lowest BCUT2D eigenvalue weighted by Gasteiger charge is -2.21. The summed E-state index contributed by atoms with van der Waals surface area (Å²) >= 11 is 0. The monoisotopic (exact) mass is 734 g/mol. The van der Waals surface area contributed by atoms with Gasteiger partial charge in [0.25, 0.3) is 10.1 Å². The van der Waals surface area contributed by atoms with E-state index in [2.05, 4.69) is 67.8 Å². The number of carbonyl (C=O) groups excluding carboxylic acids is 1. The molecule has 0 aromatic rings. The smallest absolute Gasteiger partial charge is 0.267 e. The van der Waals surface area contributed by atoms with Crippen molar-refractivity contribution in [3.63, 3.8) is 0 Å². The number of amides is 1. The molecule has 6 nitrogen and oxygen atoms in total. The number of rotatable bonds is 37. The minimum Gasteiger partial charge on any atom is -0.387 e. The van der Waals surface area contributed by atoms with Crippen LogP contribution >= 0.6 is 0 Å². The van der Waals surface area contributed by atoms with Gasteiger partial charge in [0.15, 0.2) is 0 Å². The van der Waals surface area contributed by atoms with E-state index in [9.17, 15) is 22.9 Å². The summed E-state index contributed by atoms with van der Waals surface area (Å²) in [6, 6.07) is -1.08. The van der Waals surface area contributed by atoms with Crippen LogP contribution in [-0.4, -0.2) is 41.9 Å². The quantitative estimate of drug-likeness (QED) is 0.0335. The van der Waals surface area contributed by atoms with Crippen LogP contribution < -0.4 is 5.32 Å². The van der Waals surface area contributed by atoms with Gasteiger partial charge in [-0.1, -0.05) is 171 Å². The highest BCUT2D eigenvalue weighted by molar-refractivity contribution is 7.85. The Kier molecular flexibility index (Phi) is 36.3. The Morgan fingerprint density at radius 1 is 0.529 bits per heavy atom. The number of aliphatic hydroxyl groups excluding tert-OH is 1. The summed E-state index contributed by atoms with van der Waals surface area (Å²) in [7, 11) is -4.36. The van der Waals surface area contributed by atoms with Crippen LogP contribution in [0.15, 0.2) is 60.8 Å². The maximum Gasteiger partial charge on any atom is 0.267 e. The van der Waals surface area contributed by atoms with Crippen molar-refractivity contribution in [1.82, 2.24) is 5.32 Å². The van der Waals surface area contributed by atoms with Crippen LogP contribution in [0, 0.1) is 0 Å². The SMILES string of the molecule is CCCCC/C=C\C/C=C\CCCCCCCCCCCC(=O)NC(CS(=O)(=O)O)C(O)/C=C/CC/C=C/CC/C=C/CCCCCCCCC. The lowest BCUT2D eigenvalue weighted by Crippen LogP contribution is -2.46. The molecule has 0 aromatic heterocycles. The van der Waals surface area contributed by atoms with E-state index in [4.69, 9.17) is 0 Å². The standard InChI is InChI=1S/C44H79NO5S/c1-3-5-7-9-11-13-15-17-19-21-22-24-26-28-30-32-34-36-38-40-44(47)45-42(41-51(48,49)50)43(46)39-37-35-33-31-29-27-25-23-20-18-16-14-12-10-8-6-4-2/h11,13,17,19-20,23,29,31,37,39,42-43,46H,3-10,12,14-16,18,21-22,24-28,30,32-36,38,40-41H2,1-2H3,(H,45,47)(H,48,49,50)/b13-11-,19-17-,23-20+,31-29+,39-37+. The van der Waals surface area contributed by atoms with Gasteiger partial charge in [-0.15, -0.1) is 0 Å². The Balaban J connectivity index is 4.00. The average molecular weight is 734 g/mol. The van der Waals surface area contributed by atoms with Crippen LogP contribution in [0.2, 0.25) is 0 Å². The Labute approximate surface area is 315 Å². The molecule has 2 atom stereocenters. The largest absolute Gasteiger partial charge is 0.387 e. The van der Waals surface area contributed by atoms with E-state index >= 15 is 0 Å². The molecule has 296 valence electrons. The Bertz CT molecular complexity index is 1030. The summed E-state index contributed by atoms with van der Waals surface area (Å²) in [5.41, 5.74) is 0. The third kappa shape index (κ3) is 39.1. The second kappa shape index (κ2) is 37.8. The molecule has 0 aliphatic rings. The van der Waals surface area contributed by atoms with Crippen molar-refractivity contribution in [2.75, 3.05) is 5.75 Å². The zero-order valence-corrected chi connectivity index (χ0v) is 33.8. The first-order valence-corrected chi connectivity index (χ1v) is 22.6. The maximum atomic E-state index is 12.5. The second-order valence-corrected chi connectivity index (χ2v) is 15.7. The lowest BCUT2D eigenvalue weighted by molar-refractivity contribution is -0.122. The van der Waals surface area contributed by atoms with Crippen molar-refractivity contribution < 1.29 is 22.9 Å². The van der Waals surface area contributed by atoms with Crippen LogP contribution in [0.5, 0.6) is 0 Å². The first kappa shape index (κ1) is 49.0. The second-order valence-electron chi connectivity index (χ2n) is 14.2. The minimum absolute atomic E-state index is 0.277. The summed E-state index contributed by atoms with van der Waals surface area (Å²) in [4.78, 5) is 12.5. The van der Waals surface area contributed by atoms with Crippen molar-refractivity contribution in [3.05, 3.63) is 60.8 Å². The van der Waals surface area contributed by atoms with E-state index in [1.807, 2.05) is 0 Å². The normalized spacial score (nSPS) is 13.9. The van der Waals surface area contributed by atoms with E-state index in [0.717, 1.165) is 51.4 Å². The van der Waals surface area contributed by atoms with Crippen molar-refractivity contribution in [3.8, 4) is 0 Å². The number of carbonyl (C=O) groups is 1. The van der Waals surface area contributed by atoms with Gasteiger partial charge in [0, 0.05) is 6.42 Å². The van der Waals surface area contributed by atoms with Gasteiger partial charge >= 0.3 is 0 Å². The van der Waals surface area contributed by atoms with Crippen LogP contribution in [0.4, 0.5) is 0 Å². The predicted octanol–water partition coefficient (Wildman–Crippen LogP) is 12.5.